The first-order valence-corrected chi connectivity index (χ1v) is 23.1. The summed E-state index contributed by atoms with van der Waals surface area (Å²) in [7, 11) is -2.25. The van der Waals surface area contributed by atoms with Crippen molar-refractivity contribution in [1.82, 2.24) is 5.32 Å². The van der Waals surface area contributed by atoms with Crippen LogP contribution in [-0.2, 0) is 29.9 Å². The Kier molecular flexibility index (Phi) is 21.1. The van der Waals surface area contributed by atoms with Crippen LogP contribution in [0.5, 0.6) is 5.75 Å². The van der Waals surface area contributed by atoms with Crippen LogP contribution < -0.4 is 10.1 Å². The molecule has 0 aliphatic carbocycles. The summed E-state index contributed by atoms with van der Waals surface area (Å²) in [4.78, 5) is 26.6. The quantitative estimate of drug-likeness (QED) is 0.0303. The van der Waals surface area contributed by atoms with E-state index in [9.17, 15) is 24.9 Å². The molecule has 1 aliphatic rings. The van der Waals surface area contributed by atoms with Crippen LogP contribution in [0.1, 0.15) is 124 Å². The number of carboxylic acid groups (broad SMARTS) is 1. The number of carbonyl (C=O) groups is 2. The Labute approximate surface area is 326 Å². The molecule has 0 aromatic heterocycles. The largest absolute Gasteiger partial charge is 0.481 e. The molecule has 4 N–H and O–H groups in total. The molecule has 0 bridgehead atoms. The van der Waals surface area contributed by atoms with Gasteiger partial charge in [-0.3, -0.25) is 4.79 Å². The number of hydrogen-bond donors (Lipinski definition) is 4. The number of aliphatic hydroxyl groups is 2. The van der Waals surface area contributed by atoms with Crippen molar-refractivity contribution in [2.24, 2.45) is 5.92 Å². The molecule has 0 unspecified atom stereocenters. The van der Waals surface area contributed by atoms with E-state index in [0.717, 1.165) is 50.5 Å². The summed E-state index contributed by atoms with van der Waals surface area (Å²) in [6, 6.07) is 6.57. The number of carboxylic acids is 1. The maximum absolute atomic E-state index is 13.9. The van der Waals surface area contributed by atoms with Gasteiger partial charge < -0.3 is 39.3 Å². The van der Waals surface area contributed by atoms with Crippen molar-refractivity contribution < 1.29 is 43.5 Å². The highest BCUT2D eigenvalue weighted by molar-refractivity contribution is 6.74. The van der Waals surface area contributed by atoms with Gasteiger partial charge >= 0.3 is 5.97 Å². The number of amides is 1. The molecule has 1 saturated heterocycles. The van der Waals surface area contributed by atoms with Crippen LogP contribution in [-0.4, -0.2) is 86.0 Å². The zero-order valence-corrected chi connectivity index (χ0v) is 35.3. The number of aliphatic hydroxyl groups excluding tert-OH is 1. The molecule has 0 spiro atoms. The van der Waals surface area contributed by atoms with Gasteiger partial charge in [0.15, 0.2) is 19.7 Å². The molecule has 2 rings (SSSR count). The number of nitrogens with one attached hydrogen (secondary N) is 1. The smallest absolute Gasteiger partial charge is 0.336 e. The van der Waals surface area contributed by atoms with Crippen molar-refractivity contribution in [1.29, 1.82) is 0 Å². The molecule has 1 amide bonds. The molecule has 1 aliphatic heterocycles. The third kappa shape index (κ3) is 16.2. The first-order valence-electron chi connectivity index (χ1n) is 20.2. The number of unbranched alkanes of at least 4 members (excludes halogenated alkanes) is 8. The maximum Gasteiger partial charge on any atom is 0.336 e. The van der Waals surface area contributed by atoms with E-state index in [2.05, 4.69) is 57.9 Å². The highest BCUT2D eigenvalue weighted by Gasteiger charge is 2.48. The highest BCUT2D eigenvalue weighted by Crippen LogP contribution is 2.37. The highest BCUT2D eigenvalue weighted by atomic mass is 28.4. The first kappa shape index (κ1) is 47.4. The van der Waals surface area contributed by atoms with Gasteiger partial charge in [0.05, 0.1) is 31.8 Å². The minimum absolute atomic E-state index is 0.00768. The van der Waals surface area contributed by atoms with E-state index in [-0.39, 0.29) is 31.3 Å². The first-order chi connectivity index (χ1) is 25.6. The zero-order valence-electron chi connectivity index (χ0n) is 34.3. The number of benzene rings is 1. The van der Waals surface area contributed by atoms with Crippen molar-refractivity contribution in [2.75, 3.05) is 33.0 Å². The van der Waals surface area contributed by atoms with Crippen molar-refractivity contribution in [3.63, 3.8) is 0 Å². The topological polar surface area (TPSA) is 144 Å². The van der Waals surface area contributed by atoms with Gasteiger partial charge in [-0.1, -0.05) is 96.4 Å². The number of allylic oxidation sites excluding steroid dienone is 1. The molecular formula is C43H71NO9Si. The van der Waals surface area contributed by atoms with Crippen LogP contribution in [0.4, 0.5) is 0 Å². The fourth-order valence-electron chi connectivity index (χ4n) is 6.34. The Hall–Kier alpha value is -2.72. The summed E-state index contributed by atoms with van der Waals surface area (Å²) in [6.45, 7) is 15.5. The van der Waals surface area contributed by atoms with Crippen LogP contribution in [0.15, 0.2) is 36.4 Å². The van der Waals surface area contributed by atoms with Gasteiger partial charge in [-0.25, -0.2) is 4.79 Å². The molecule has 0 saturated carbocycles. The van der Waals surface area contributed by atoms with Crippen LogP contribution in [0, 0.1) is 17.8 Å². The molecule has 1 fully saturated rings. The Balaban J connectivity index is 2.09. The van der Waals surface area contributed by atoms with Crippen LogP contribution in [0.2, 0.25) is 18.1 Å². The van der Waals surface area contributed by atoms with Crippen molar-refractivity contribution in [3.05, 3.63) is 42.0 Å². The maximum atomic E-state index is 13.9. The zero-order chi connectivity index (χ0) is 40.1. The van der Waals surface area contributed by atoms with E-state index in [1.54, 1.807) is 25.1 Å². The van der Waals surface area contributed by atoms with E-state index in [1.165, 1.54) is 31.8 Å². The monoisotopic (exact) mass is 773 g/mol. The summed E-state index contributed by atoms with van der Waals surface area (Å²) in [5.41, 5.74) is -1.58. The summed E-state index contributed by atoms with van der Waals surface area (Å²) in [5.74, 6) is 2.26. The van der Waals surface area contributed by atoms with Crippen LogP contribution >= 0.6 is 0 Å². The number of hydrogen-bond acceptors (Lipinski definition) is 8. The van der Waals surface area contributed by atoms with Crippen molar-refractivity contribution >= 4 is 20.2 Å². The fourth-order valence-corrected chi connectivity index (χ4v) is 7.38. The van der Waals surface area contributed by atoms with Gasteiger partial charge in [0.1, 0.15) is 12.4 Å². The van der Waals surface area contributed by atoms with Crippen molar-refractivity contribution in [3.8, 4) is 17.6 Å². The second-order valence-corrected chi connectivity index (χ2v) is 21.0. The minimum Gasteiger partial charge on any atom is -0.481 e. The Morgan fingerprint density at radius 1 is 1.00 bits per heavy atom. The van der Waals surface area contributed by atoms with Gasteiger partial charge in [-0.15, -0.1) is 5.92 Å². The average Bonchev–Trinajstić information content (AvgIpc) is 3.59. The minimum atomic E-state index is -2.42. The third-order valence-corrected chi connectivity index (χ3v) is 15.4. The van der Waals surface area contributed by atoms with Gasteiger partial charge in [0.25, 0.3) is 0 Å². The lowest BCUT2D eigenvalue weighted by molar-refractivity contribution is -0.168. The molecule has 3 atom stereocenters. The van der Waals surface area contributed by atoms with E-state index in [1.807, 2.05) is 12.1 Å². The molecule has 1 heterocycles. The van der Waals surface area contributed by atoms with Gasteiger partial charge in [0, 0.05) is 25.9 Å². The van der Waals surface area contributed by atoms with E-state index < -0.39 is 43.5 Å². The number of carbonyl (C=O) groups excluding carboxylic acids is 1. The van der Waals surface area contributed by atoms with E-state index >= 15 is 0 Å². The van der Waals surface area contributed by atoms with Gasteiger partial charge in [-0.05, 0) is 74.9 Å². The Morgan fingerprint density at radius 2 is 1.61 bits per heavy atom. The lowest BCUT2D eigenvalue weighted by Gasteiger charge is -2.37. The standard InChI is InChI=1S/C43H71NO9Si/c1-8-10-12-16-19-26-42(51-31-32-52-42)27-20-17-14-13-15-18-21-38(43(49,40(47)48)28-30-53-54(6,7)41(3,4)5)39(46)44-36(34-45)33-35-22-24-37(25-23-35)50-29-11-9-2/h18,21-25,36,38,45,49H,8,10,12-17,19-20,26-34H2,1-7H3,(H,44,46)(H,47,48)/b21-18+/t36-,38+,43-/m0/s1. The van der Waals surface area contributed by atoms with Crippen molar-refractivity contribution in [2.45, 2.75) is 160 Å². The summed E-state index contributed by atoms with van der Waals surface area (Å²) < 4.78 is 24.0. The Morgan fingerprint density at radius 3 is 2.17 bits per heavy atom. The molecule has 10 nitrogen and oxygen atoms in total. The predicted molar refractivity (Wildman–Crippen MR) is 217 cm³/mol. The second kappa shape index (κ2) is 24.0. The second-order valence-electron chi connectivity index (χ2n) is 16.2. The molecule has 0 radical (unpaired) electrons. The summed E-state index contributed by atoms with van der Waals surface area (Å²) in [5, 5.41) is 35.0. The molecular weight excluding hydrogens is 703 g/mol. The SMILES string of the molecule is CC#CCOc1ccc(C[C@@H](CO)NC(=O)[C@@H](/C=C/CCCCCCC2(CCCCCCC)OCCO2)[C@@](O)(CCO[Si](C)(C)C(C)(C)C)C(=O)O)cc1. The normalized spacial score (nSPS) is 16.7. The van der Waals surface area contributed by atoms with Crippen LogP contribution in [0.3, 0.4) is 0 Å². The number of aliphatic carboxylic acids is 1. The van der Waals surface area contributed by atoms with Gasteiger partial charge in [-0.2, -0.15) is 0 Å². The fraction of sp³-hybridized carbons (Fsp3) is 0.721. The third-order valence-electron chi connectivity index (χ3n) is 10.9. The molecule has 1 aromatic carbocycles. The molecule has 306 valence electrons. The Bertz CT molecular complexity index is 1320. The molecule has 54 heavy (non-hydrogen) atoms. The van der Waals surface area contributed by atoms with Crippen LogP contribution in [0.25, 0.3) is 0 Å². The lowest BCUT2D eigenvalue weighted by Crippen LogP contribution is -2.55. The molecule has 1 aromatic rings. The molecule has 11 heteroatoms. The number of rotatable bonds is 27. The van der Waals surface area contributed by atoms with E-state index in [0.29, 0.717) is 31.8 Å². The lowest BCUT2D eigenvalue weighted by atomic mass is 9.83. The van der Waals surface area contributed by atoms with E-state index in [4.69, 9.17) is 18.6 Å². The summed E-state index contributed by atoms with van der Waals surface area (Å²) in [6.07, 6.45) is 15.6. The summed E-state index contributed by atoms with van der Waals surface area (Å²) >= 11 is 0. The predicted octanol–water partition coefficient (Wildman–Crippen LogP) is 7.95. The van der Waals surface area contributed by atoms with Gasteiger partial charge in [0.2, 0.25) is 5.91 Å². The number of ether oxygens (including phenoxy) is 3. The average molecular weight is 774 g/mol.